The maximum atomic E-state index is 13.1. The van der Waals surface area contributed by atoms with Gasteiger partial charge in [0.15, 0.2) is 0 Å². The molecule has 0 N–H and O–H groups in total. The summed E-state index contributed by atoms with van der Waals surface area (Å²) in [4.78, 5) is 26.3. The molecule has 0 aliphatic carbocycles. The summed E-state index contributed by atoms with van der Waals surface area (Å²) in [7, 11) is 0. The number of esters is 1. The number of nitrogens with zero attached hydrogens (tertiary/aromatic N) is 1. The second-order valence-corrected chi connectivity index (χ2v) is 8.46. The zero-order chi connectivity index (χ0) is 20.6. The Morgan fingerprint density at radius 2 is 1.83 bits per heavy atom. The van der Waals surface area contributed by atoms with E-state index in [2.05, 4.69) is 12.1 Å². The van der Waals surface area contributed by atoms with E-state index < -0.39 is 12.1 Å². The molecule has 1 aliphatic heterocycles. The molecule has 29 heavy (non-hydrogen) atoms. The molecule has 2 aromatic rings. The first kappa shape index (κ1) is 21.3. The average molecular weight is 426 g/mol. The molecule has 1 fully saturated rings. The molecule has 150 valence electrons. The van der Waals surface area contributed by atoms with Crippen molar-refractivity contribution in [1.82, 2.24) is 4.90 Å². The zero-order valence-electron chi connectivity index (χ0n) is 16.2. The number of hydrogen-bond acceptors (Lipinski definition) is 5. The molecule has 0 radical (unpaired) electrons. The summed E-state index contributed by atoms with van der Waals surface area (Å²) < 4.78 is 5.96. The average Bonchev–Trinajstić information content (AvgIpc) is 3.07. The van der Waals surface area contributed by atoms with Gasteiger partial charge in [-0.15, -0.1) is 0 Å². The molecule has 2 aromatic carbocycles. The normalized spacial score (nSPS) is 17.5. The van der Waals surface area contributed by atoms with Crippen LogP contribution in [0.2, 0.25) is 0 Å². The van der Waals surface area contributed by atoms with E-state index >= 15 is 0 Å². The summed E-state index contributed by atoms with van der Waals surface area (Å²) >= 11 is 6.96. The highest BCUT2D eigenvalue weighted by molar-refractivity contribution is 8.23. The van der Waals surface area contributed by atoms with E-state index in [9.17, 15) is 9.59 Å². The van der Waals surface area contributed by atoms with Crippen molar-refractivity contribution in [2.45, 2.75) is 31.9 Å². The predicted octanol–water partition coefficient (Wildman–Crippen LogP) is 4.49. The summed E-state index contributed by atoms with van der Waals surface area (Å²) in [6.45, 7) is 1.35. The lowest BCUT2D eigenvalue weighted by Crippen LogP contribution is -2.41. The van der Waals surface area contributed by atoms with Gasteiger partial charge in [-0.2, -0.15) is 0 Å². The smallest absolute Gasteiger partial charge is 0.303 e. The third-order valence-electron chi connectivity index (χ3n) is 4.54. The van der Waals surface area contributed by atoms with Crippen LogP contribution in [0.3, 0.4) is 0 Å². The topological polar surface area (TPSA) is 46.6 Å². The number of carbonyl (C=O) groups excluding carboxylic acids is 2. The Morgan fingerprint density at radius 1 is 1.17 bits per heavy atom. The summed E-state index contributed by atoms with van der Waals surface area (Å²) in [5, 5.41) is 0. The summed E-state index contributed by atoms with van der Waals surface area (Å²) in [6, 6.07) is 19.8. The number of carbonyl (C=O) groups is 2. The van der Waals surface area contributed by atoms with E-state index in [0.717, 1.165) is 17.7 Å². The molecule has 1 aliphatic rings. The molecular formula is C23H23NO3S2. The minimum absolute atomic E-state index is 0.0125. The largest absolute Gasteiger partial charge is 0.458 e. The minimum atomic E-state index is -0.633. The standard InChI is InChI=1S/C23H23NO3S2/c1-17(25)27-21(13-12-18-8-4-2-5-9-18)15-22(26)24-20(16-29-23(24)28)14-19-10-6-3-7-11-19/h2-13,20-21H,14-16H2,1H3/b13-12+. The van der Waals surface area contributed by atoms with Crippen LogP contribution in [0.5, 0.6) is 0 Å². The fraction of sp³-hybridized carbons (Fsp3) is 0.261. The van der Waals surface area contributed by atoms with Gasteiger partial charge in [0.25, 0.3) is 0 Å². The Morgan fingerprint density at radius 3 is 2.48 bits per heavy atom. The van der Waals surface area contributed by atoms with Crippen molar-refractivity contribution in [3.05, 3.63) is 77.9 Å². The monoisotopic (exact) mass is 425 g/mol. The highest BCUT2D eigenvalue weighted by Crippen LogP contribution is 2.28. The van der Waals surface area contributed by atoms with Gasteiger partial charge in [-0.1, -0.05) is 90.7 Å². The van der Waals surface area contributed by atoms with Gasteiger partial charge in [0.1, 0.15) is 10.4 Å². The highest BCUT2D eigenvalue weighted by Gasteiger charge is 2.34. The Labute approximate surface area is 180 Å². The van der Waals surface area contributed by atoms with Crippen LogP contribution < -0.4 is 0 Å². The van der Waals surface area contributed by atoms with Crippen molar-refractivity contribution in [2.75, 3.05) is 5.75 Å². The molecule has 2 unspecified atom stereocenters. The van der Waals surface area contributed by atoms with Crippen molar-refractivity contribution in [3.63, 3.8) is 0 Å². The van der Waals surface area contributed by atoms with Crippen molar-refractivity contribution in [3.8, 4) is 0 Å². The zero-order valence-corrected chi connectivity index (χ0v) is 17.8. The third kappa shape index (κ3) is 6.27. The molecular weight excluding hydrogens is 402 g/mol. The number of benzene rings is 2. The van der Waals surface area contributed by atoms with Crippen molar-refractivity contribution in [2.24, 2.45) is 0 Å². The molecule has 1 heterocycles. The molecule has 0 spiro atoms. The first-order valence-electron chi connectivity index (χ1n) is 9.46. The van der Waals surface area contributed by atoms with Gasteiger partial charge in [0.05, 0.1) is 12.5 Å². The molecule has 1 saturated heterocycles. The SMILES string of the molecule is CC(=O)OC(/C=C/c1ccccc1)CC(=O)N1C(=S)SCC1Cc1ccccc1. The van der Waals surface area contributed by atoms with Gasteiger partial charge >= 0.3 is 5.97 Å². The summed E-state index contributed by atoms with van der Waals surface area (Å²) in [5.74, 6) is 0.238. The maximum absolute atomic E-state index is 13.1. The predicted molar refractivity (Wildman–Crippen MR) is 121 cm³/mol. The van der Waals surface area contributed by atoms with Crippen LogP contribution in [0.15, 0.2) is 66.7 Å². The van der Waals surface area contributed by atoms with Gasteiger partial charge in [-0.05, 0) is 23.6 Å². The number of hydrogen-bond donors (Lipinski definition) is 0. The summed E-state index contributed by atoms with van der Waals surface area (Å²) in [5.41, 5.74) is 2.15. The van der Waals surface area contributed by atoms with E-state index in [1.807, 2.05) is 54.6 Å². The van der Waals surface area contributed by atoms with E-state index in [1.165, 1.54) is 24.2 Å². The number of ether oxygens (including phenoxy) is 1. The first-order chi connectivity index (χ1) is 14.0. The molecule has 0 bridgehead atoms. The Hall–Kier alpha value is -2.44. The number of thioether (sulfide) groups is 1. The van der Waals surface area contributed by atoms with Crippen LogP contribution in [0.1, 0.15) is 24.5 Å². The Bertz CT molecular complexity index is 884. The quantitative estimate of drug-likeness (QED) is 0.483. The van der Waals surface area contributed by atoms with Gasteiger partial charge < -0.3 is 4.74 Å². The fourth-order valence-electron chi connectivity index (χ4n) is 3.22. The molecule has 3 rings (SSSR count). The third-order valence-corrected chi connectivity index (χ3v) is 6.09. The van der Waals surface area contributed by atoms with Crippen molar-refractivity contribution in [1.29, 1.82) is 0 Å². The van der Waals surface area contributed by atoms with Crippen LogP contribution >= 0.6 is 24.0 Å². The molecule has 0 aromatic heterocycles. The summed E-state index contributed by atoms with van der Waals surface area (Å²) in [6.07, 6.45) is 3.80. The number of amides is 1. The molecule has 1 amide bonds. The lowest BCUT2D eigenvalue weighted by Gasteiger charge is -2.25. The molecule has 0 saturated carbocycles. The van der Waals surface area contributed by atoms with Crippen LogP contribution in [0.25, 0.3) is 6.08 Å². The van der Waals surface area contributed by atoms with Crippen molar-refractivity contribution < 1.29 is 14.3 Å². The highest BCUT2D eigenvalue weighted by atomic mass is 32.2. The van der Waals surface area contributed by atoms with Gasteiger partial charge in [0.2, 0.25) is 5.91 Å². The number of rotatable bonds is 7. The second kappa shape index (κ2) is 10.4. The van der Waals surface area contributed by atoms with Crippen LogP contribution in [-0.4, -0.2) is 39.0 Å². The fourth-order valence-corrected chi connectivity index (χ4v) is 4.66. The van der Waals surface area contributed by atoms with Crippen molar-refractivity contribution >= 4 is 46.3 Å². The van der Waals surface area contributed by atoms with E-state index in [4.69, 9.17) is 17.0 Å². The van der Waals surface area contributed by atoms with E-state index in [1.54, 1.807) is 11.0 Å². The van der Waals surface area contributed by atoms with E-state index in [0.29, 0.717) is 4.32 Å². The Kier molecular flexibility index (Phi) is 7.61. The van der Waals surface area contributed by atoms with Crippen LogP contribution in [0, 0.1) is 0 Å². The lowest BCUT2D eigenvalue weighted by molar-refractivity contribution is -0.146. The van der Waals surface area contributed by atoms with Crippen LogP contribution in [0.4, 0.5) is 0 Å². The van der Waals surface area contributed by atoms with E-state index in [-0.39, 0.29) is 18.4 Å². The molecule has 4 nitrogen and oxygen atoms in total. The molecule has 2 atom stereocenters. The van der Waals surface area contributed by atoms with Gasteiger partial charge in [-0.25, -0.2) is 0 Å². The second-order valence-electron chi connectivity index (χ2n) is 6.81. The minimum Gasteiger partial charge on any atom is -0.458 e. The van der Waals surface area contributed by atoms with Crippen LogP contribution in [-0.2, 0) is 20.7 Å². The van der Waals surface area contributed by atoms with Gasteiger partial charge in [-0.3, -0.25) is 14.5 Å². The number of thiocarbonyl (C=S) groups is 1. The Balaban J connectivity index is 1.70. The van der Waals surface area contributed by atoms with Gasteiger partial charge in [0, 0.05) is 12.7 Å². The maximum Gasteiger partial charge on any atom is 0.303 e. The molecule has 6 heteroatoms. The lowest BCUT2D eigenvalue weighted by atomic mass is 10.1. The first-order valence-corrected chi connectivity index (χ1v) is 10.9.